The maximum Gasteiger partial charge on any atom is 0.223 e. The van der Waals surface area contributed by atoms with Gasteiger partial charge in [0.2, 0.25) is 15.9 Å². The van der Waals surface area contributed by atoms with Crippen molar-refractivity contribution in [3.05, 3.63) is 0 Å². The van der Waals surface area contributed by atoms with Gasteiger partial charge in [-0.1, -0.05) is 0 Å². The van der Waals surface area contributed by atoms with Crippen molar-refractivity contribution in [2.45, 2.75) is 6.42 Å². The van der Waals surface area contributed by atoms with Gasteiger partial charge in [-0.2, -0.15) is 4.31 Å². The van der Waals surface area contributed by atoms with Gasteiger partial charge in [0.25, 0.3) is 0 Å². The van der Waals surface area contributed by atoms with Gasteiger partial charge in [-0.3, -0.25) is 4.79 Å². The van der Waals surface area contributed by atoms with E-state index in [1.807, 2.05) is 19.0 Å². The predicted octanol–water partition coefficient (Wildman–Crippen LogP) is -0.941. The number of methoxy groups -OCH3 is 1. The van der Waals surface area contributed by atoms with E-state index in [0.717, 1.165) is 0 Å². The average Bonchev–Trinajstić information content (AvgIpc) is 2.42. The molecule has 0 aromatic carbocycles. The first kappa shape index (κ1) is 17.4. The van der Waals surface area contributed by atoms with Crippen molar-refractivity contribution in [3.8, 4) is 0 Å². The third-order valence-corrected chi connectivity index (χ3v) is 5.14. The van der Waals surface area contributed by atoms with Crippen molar-refractivity contribution in [2.75, 3.05) is 66.3 Å². The molecule has 1 aliphatic rings. The van der Waals surface area contributed by atoms with Crippen LogP contribution in [0.25, 0.3) is 0 Å². The fraction of sp³-hybridized carbons (Fsp3) is 0.917. The quantitative estimate of drug-likeness (QED) is 0.607. The number of rotatable bonds is 7. The average molecular weight is 307 g/mol. The molecule has 0 radical (unpaired) electrons. The summed E-state index contributed by atoms with van der Waals surface area (Å²) < 4.78 is 30.2. The molecule has 0 aromatic heterocycles. The molecule has 0 atom stereocenters. The van der Waals surface area contributed by atoms with Gasteiger partial charge in [0.15, 0.2) is 0 Å². The molecule has 0 N–H and O–H groups in total. The summed E-state index contributed by atoms with van der Waals surface area (Å²) in [5, 5.41) is 0. The summed E-state index contributed by atoms with van der Waals surface area (Å²) in [4.78, 5) is 15.6. The molecule has 1 heterocycles. The van der Waals surface area contributed by atoms with Crippen LogP contribution < -0.4 is 0 Å². The van der Waals surface area contributed by atoms with Crippen LogP contribution in [0.15, 0.2) is 0 Å². The number of hydrogen-bond donors (Lipinski definition) is 0. The lowest BCUT2D eigenvalue weighted by atomic mass is 10.3. The van der Waals surface area contributed by atoms with Crippen molar-refractivity contribution in [1.29, 1.82) is 0 Å². The van der Waals surface area contributed by atoms with E-state index >= 15 is 0 Å². The van der Waals surface area contributed by atoms with Crippen LogP contribution in [0.5, 0.6) is 0 Å². The number of piperazine rings is 1. The van der Waals surface area contributed by atoms with Gasteiger partial charge >= 0.3 is 0 Å². The maximum absolute atomic E-state index is 12.0. The van der Waals surface area contributed by atoms with E-state index in [9.17, 15) is 13.2 Å². The minimum absolute atomic E-state index is 0.00191. The lowest BCUT2D eigenvalue weighted by Crippen LogP contribution is -2.51. The lowest BCUT2D eigenvalue weighted by Gasteiger charge is -2.34. The summed E-state index contributed by atoms with van der Waals surface area (Å²) >= 11 is 0. The number of carbonyl (C=O) groups is 1. The molecule has 20 heavy (non-hydrogen) atoms. The Balaban J connectivity index is 2.41. The van der Waals surface area contributed by atoms with E-state index in [1.54, 1.807) is 4.90 Å². The van der Waals surface area contributed by atoms with Gasteiger partial charge in [-0.25, -0.2) is 8.42 Å². The Kier molecular flexibility index (Phi) is 6.87. The number of hydrogen-bond acceptors (Lipinski definition) is 5. The fourth-order valence-corrected chi connectivity index (χ4v) is 3.37. The summed E-state index contributed by atoms with van der Waals surface area (Å²) in [7, 11) is 2.07. The highest BCUT2D eigenvalue weighted by atomic mass is 32.2. The van der Waals surface area contributed by atoms with Gasteiger partial charge < -0.3 is 14.5 Å². The van der Waals surface area contributed by atoms with Gasteiger partial charge in [0.1, 0.15) is 0 Å². The van der Waals surface area contributed by atoms with E-state index in [4.69, 9.17) is 4.74 Å². The molecule has 7 nitrogen and oxygen atoms in total. The van der Waals surface area contributed by atoms with Gasteiger partial charge in [0, 0.05) is 46.3 Å². The van der Waals surface area contributed by atoms with Crippen molar-refractivity contribution < 1.29 is 17.9 Å². The van der Waals surface area contributed by atoms with Crippen LogP contribution in [0.3, 0.4) is 0 Å². The van der Waals surface area contributed by atoms with E-state index in [1.165, 1.54) is 11.4 Å². The lowest BCUT2D eigenvalue weighted by molar-refractivity contribution is -0.132. The standard InChI is InChI=1S/C12H25N3O4S/c1-13(2)5-4-12(16)14-6-8-15(9-7-14)20(17,18)11-10-19-3/h4-11H2,1-3H3. The number of amides is 1. The van der Waals surface area contributed by atoms with Crippen LogP contribution in [-0.4, -0.2) is 94.7 Å². The molecular weight excluding hydrogens is 282 g/mol. The molecule has 0 spiro atoms. The Hall–Kier alpha value is -0.700. The van der Waals surface area contributed by atoms with E-state index in [2.05, 4.69) is 0 Å². The summed E-state index contributed by atoms with van der Waals surface area (Å²) in [5.74, 6) is 0.0885. The highest BCUT2D eigenvalue weighted by Crippen LogP contribution is 2.09. The van der Waals surface area contributed by atoms with Crippen LogP contribution >= 0.6 is 0 Å². The van der Waals surface area contributed by atoms with Crippen molar-refractivity contribution in [1.82, 2.24) is 14.1 Å². The first-order chi connectivity index (χ1) is 9.36. The molecule has 0 unspecified atom stereocenters. The topological polar surface area (TPSA) is 70.2 Å². The highest BCUT2D eigenvalue weighted by Gasteiger charge is 2.28. The Bertz CT molecular complexity index is 403. The summed E-state index contributed by atoms with van der Waals surface area (Å²) in [6.45, 7) is 2.60. The van der Waals surface area contributed by atoms with Crippen molar-refractivity contribution >= 4 is 15.9 Å². The monoisotopic (exact) mass is 307 g/mol. The number of ether oxygens (including phenoxy) is 1. The molecular formula is C12H25N3O4S. The minimum Gasteiger partial charge on any atom is -0.384 e. The molecule has 0 saturated carbocycles. The molecule has 118 valence electrons. The number of nitrogens with zero attached hydrogens (tertiary/aromatic N) is 3. The number of sulfonamides is 1. The molecule has 1 fully saturated rings. The van der Waals surface area contributed by atoms with E-state index in [-0.39, 0.29) is 18.3 Å². The summed E-state index contributed by atoms with van der Waals surface area (Å²) in [5.41, 5.74) is 0. The molecule has 1 amide bonds. The van der Waals surface area contributed by atoms with Gasteiger partial charge in [0.05, 0.1) is 12.4 Å². The van der Waals surface area contributed by atoms with Crippen LogP contribution in [-0.2, 0) is 19.6 Å². The Labute approximate surface area is 121 Å². The van der Waals surface area contributed by atoms with Crippen molar-refractivity contribution in [3.63, 3.8) is 0 Å². The SMILES string of the molecule is COCCS(=O)(=O)N1CCN(C(=O)CCN(C)C)CC1. The fourth-order valence-electron chi connectivity index (χ4n) is 2.01. The second-order valence-corrected chi connectivity index (χ2v) is 7.23. The molecule has 0 aromatic rings. The van der Waals surface area contributed by atoms with Gasteiger partial charge in [-0.15, -0.1) is 0 Å². The Morgan fingerprint density at radius 1 is 1.20 bits per heavy atom. The zero-order chi connectivity index (χ0) is 15.2. The smallest absolute Gasteiger partial charge is 0.223 e. The first-order valence-electron chi connectivity index (χ1n) is 6.76. The Morgan fingerprint density at radius 3 is 2.30 bits per heavy atom. The Morgan fingerprint density at radius 2 is 1.80 bits per heavy atom. The van der Waals surface area contributed by atoms with Crippen LogP contribution in [0.4, 0.5) is 0 Å². The van der Waals surface area contributed by atoms with Crippen LogP contribution in [0.2, 0.25) is 0 Å². The van der Waals surface area contributed by atoms with Gasteiger partial charge in [-0.05, 0) is 14.1 Å². The maximum atomic E-state index is 12.0. The van der Waals surface area contributed by atoms with Crippen LogP contribution in [0.1, 0.15) is 6.42 Å². The molecule has 0 bridgehead atoms. The largest absolute Gasteiger partial charge is 0.384 e. The number of carbonyl (C=O) groups excluding carboxylic acids is 1. The second kappa shape index (κ2) is 7.92. The first-order valence-corrected chi connectivity index (χ1v) is 8.37. The molecule has 0 aliphatic carbocycles. The second-order valence-electron chi connectivity index (χ2n) is 5.14. The zero-order valence-electron chi connectivity index (χ0n) is 12.5. The van der Waals surface area contributed by atoms with E-state index in [0.29, 0.717) is 39.1 Å². The normalized spacial score (nSPS) is 17.7. The van der Waals surface area contributed by atoms with Crippen LogP contribution in [0, 0.1) is 0 Å². The molecule has 1 saturated heterocycles. The summed E-state index contributed by atoms with van der Waals surface area (Å²) in [6, 6.07) is 0. The molecule has 8 heteroatoms. The minimum atomic E-state index is -3.26. The summed E-state index contributed by atoms with van der Waals surface area (Å²) in [6.07, 6.45) is 0.476. The van der Waals surface area contributed by atoms with E-state index < -0.39 is 10.0 Å². The molecule has 1 aliphatic heterocycles. The van der Waals surface area contributed by atoms with Crippen molar-refractivity contribution in [2.24, 2.45) is 0 Å². The third-order valence-electron chi connectivity index (χ3n) is 3.30. The zero-order valence-corrected chi connectivity index (χ0v) is 13.4. The predicted molar refractivity (Wildman–Crippen MR) is 77.0 cm³/mol. The third kappa shape index (κ3) is 5.35. The molecule has 1 rings (SSSR count). The highest BCUT2D eigenvalue weighted by molar-refractivity contribution is 7.89.